The van der Waals surface area contributed by atoms with Gasteiger partial charge in [-0.25, -0.2) is 9.78 Å². The molecule has 3 rings (SSSR count). The number of hydrogen-bond acceptors (Lipinski definition) is 6. The van der Waals surface area contributed by atoms with Crippen molar-refractivity contribution < 1.29 is 19.6 Å². The Morgan fingerprint density at radius 2 is 1.96 bits per heavy atom. The van der Waals surface area contributed by atoms with Gasteiger partial charge in [-0.1, -0.05) is 17.4 Å². The molecule has 9 heteroatoms. The molecule has 24 heavy (non-hydrogen) atoms. The van der Waals surface area contributed by atoms with Gasteiger partial charge in [0.05, 0.1) is 20.7 Å². The van der Waals surface area contributed by atoms with Gasteiger partial charge in [0.2, 0.25) is 0 Å². The number of aromatic carboxylic acids is 1. The lowest BCUT2D eigenvalue weighted by molar-refractivity contribution is -0.384. The molecule has 120 valence electrons. The van der Waals surface area contributed by atoms with Gasteiger partial charge in [-0.2, -0.15) is 0 Å². The van der Waals surface area contributed by atoms with E-state index < -0.39 is 16.8 Å². The Balaban J connectivity index is 1.86. The van der Waals surface area contributed by atoms with Gasteiger partial charge in [0.1, 0.15) is 0 Å². The second kappa shape index (κ2) is 6.05. The molecule has 0 saturated carbocycles. The molecular weight excluding hydrogens is 334 g/mol. The summed E-state index contributed by atoms with van der Waals surface area (Å²) in [5.41, 5.74) is 0.634. The highest BCUT2D eigenvalue weighted by atomic mass is 32.1. The number of non-ortho nitro benzene ring substituents is 1. The summed E-state index contributed by atoms with van der Waals surface area (Å²) in [5, 5.41) is 22.6. The van der Waals surface area contributed by atoms with Gasteiger partial charge in [-0.15, -0.1) is 0 Å². The maximum Gasteiger partial charge on any atom is 0.335 e. The smallest absolute Gasteiger partial charge is 0.335 e. The molecule has 0 spiro atoms. The minimum atomic E-state index is -1.05. The molecule has 2 aromatic carbocycles. The number of carboxylic acid groups (broad SMARTS) is 1. The lowest BCUT2D eigenvalue weighted by Crippen LogP contribution is -2.11. The lowest BCUT2D eigenvalue weighted by atomic mass is 10.2. The van der Waals surface area contributed by atoms with Crippen LogP contribution in [0, 0.1) is 10.1 Å². The standard InChI is InChI=1S/C15H9N3O5S/c19-13(8-2-1-3-10(6-8)18(22)23)17-15-16-11-5-4-9(14(20)21)7-12(11)24-15/h1-7H,(H,20,21)(H,16,17,19). The molecule has 0 aliphatic heterocycles. The molecule has 0 unspecified atom stereocenters. The quantitative estimate of drug-likeness (QED) is 0.554. The van der Waals surface area contributed by atoms with Crippen molar-refractivity contribution >= 4 is 44.2 Å². The summed E-state index contributed by atoms with van der Waals surface area (Å²) in [6.07, 6.45) is 0. The van der Waals surface area contributed by atoms with Crippen LogP contribution in [0.3, 0.4) is 0 Å². The summed E-state index contributed by atoms with van der Waals surface area (Å²) in [6.45, 7) is 0. The summed E-state index contributed by atoms with van der Waals surface area (Å²) in [6, 6.07) is 9.79. The highest BCUT2D eigenvalue weighted by Gasteiger charge is 2.14. The van der Waals surface area contributed by atoms with Gasteiger partial charge < -0.3 is 5.11 Å². The molecule has 1 amide bonds. The number of amides is 1. The van der Waals surface area contributed by atoms with Crippen molar-refractivity contribution in [2.75, 3.05) is 5.32 Å². The molecule has 1 heterocycles. The summed E-state index contributed by atoms with van der Waals surface area (Å²) in [5.74, 6) is -1.58. The number of nitrogens with one attached hydrogen (secondary N) is 1. The number of nitro groups is 1. The SMILES string of the molecule is O=C(O)c1ccc2nc(NC(=O)c3cccc([N+](=O)[O-])c3)sc2c1. The summed E-state index contributed by atoms with van der Waals surface area (Å²) in [4.78, 5) is 37.5. The van der Waals surface area contributed by atoms with E-state index in [0.29, 0.717) is 10.2 Å². The van der Waals surface area contributed by atoms with Gasteiger partial charge in [0.25, 0.3) is 11.6 Å². The zero-order valence-electron chi connectivity index (χ0n) is 11.9. The van der Waals surface area contributed by atoms with Crippen molar-refractivity contribution in [3.63, 3.8) is 0 Å². The molecule has 0 radical (unpaired) electrons. The fourth-order valence-electron chi connectivity index (χ4n) is 2.04. The Morgan fingerprint density at radius 3 is 2.67 bits per heavy atom. The first-order valence-electron chi connectivity index (χ1n) is 6.64. The Morgan fingerprint density at radius 1 is 1.17 bits per heavy atom. The van der Waals surface area contributed by atoms with Crippen molar-refractivity contribution in [3.8, 4) is 0 Å². The normalized spacial score (nSPS) is 10.5. The van der Waals surface area contributed by atoms with E-state index in [-0.39, 0.29) is 21.9 Å². The third kappa shape index (κ3) is 3.06. The van der Waals surface area contributed by atoms with Gasteiger partial charge in [0.15, 0.2) is 5.13 Å². The number of carbonyl (C=O) groups excluding carboxylic acids is 1. The summed E-state index contributed by atoms with van der Waals surface area (Å²) < 4.78 is 0.615. The molecule has 0 fully saturated rings. The average molecular weight is 343 g/mol. The zero-order valence-corrected chi connectivity index (χ0v) is 12.7. The van der Waals surface area contributed by atoms with Crippen molar-refractivity contribution in [1.82, 2.24) is 4.98 Å². The minimum absolute atomic E-state index is 0.128. The van der Waals surface area contributed by atoms with Crippen LogP contribution < -0.4 is 5.32 Å². The van der Waals surface area contributed by atoms with Crippen LogP contribution in [0.5, 0.6) is 0 Å². The van der Waals surface area contributed by atoms with Crippen molar-refractivity contribution in [2.45, 2.75) is 0 Å². The van der Waals surface area contributed by atoms with Crippen LogP contribution in [0.2, 0.25) is 0 Å². The number of fused-ring (bicyclic) bond motifs is 1. The topological polar surface area (TPSA) is 122 Å². The van der Waals surface area contributed by atoms with E-state index in [2.05, 4.69) is 10.3 Å². The van der Waals surface area contributed by atoms with Crippen LogP contribution in [0.25, 0.3) is 10.2 Å². The molecular formula is C15H9N3O5S. The van der Waals surface area contributed by atoms with Crippen molar-refractivity contribution in [1.29, 1.82) is 0 Å². The number of nitro benzene ring substituents is 1. The van der Waals surface area contributed by atoms with E-state index in [9.17, 15) is 19.7 Å². The first kappa shape index (κ1) is 15.6. The van der Waals surface area contributed by atoms with E-state index in [4.69, 9.17) is 5.11 Å². The summed E-state index contributed by atoms with van der Waals surface area (Å²) in [7, 11) is 0. The minimum Gasteiger partial charge on any atom is -0.478 e. The molecule has 0 aliphatic carbocycles. The fraction of sp³-hybridized carbons (Fsp3) is 0. The molecule has 0 atom stereocenters. The molecule has 0 aliphatic rings. The number of nitrogens with zero attached hydrogens (tertiary/aromatic N) is 2. The summed E-state index contributed by atoms with van der Waals surface area (Å²) >= 11 is 1.12. The van der Waals surface area contributed by atoms with Gasteiger partial charge in [-0.05, 0) is 24.3 Å². The Labute approximate surface area is 138 Å². The van der Waals surface area contributed by atoms with Gasteiger partial charge >= 0.3 is 5.97 Å². The number of carbonyl (C=O) groups is 2. The third-order valence-electron chi connectivity index (χ3n) is 3.18. The molecule has 8 nitrogen and oxygen atoms in total. The second-order valence-corrected chi connectivity index (χ2v) is 5.80. The van der Waals surface area contributed by atoms with Crippen molar-refractivity contribution in [3.05, 3.63) is 63.7 Å². The molecule has 1 aromatic heterocycles. The van der Waals surface area contributed by atoms with E-state index in [1.807, 2.05) is 0 Å². The number of hydrogen-bond donors (Lipinski definition) is 2. The van der Waals surface area contributed by atoms with E-state index in [1.54, 1.807) is 6.07 Å². The maximum atomic E-state index is 12.2. The lowest BCUT2D eigenvalue weighted by Gasteiger charge is -2.01. The zero-order chi connectivity index (χ0) is 17.3. The number of benzene rings is 2. The largest absolute Gasteiger partial charge is 0.478 e. The number of thiazole rings is 1. The highest BCUT2D eigenvalue weighted by Crippen LogP contribution is 2.27. The van der Waals surface area contributed by atoms with Gasteiger partial charge in [-0.3, -0.25) is 20.2 Å². The molecule has 0 saturated heterocycles. The first-order valence-corrected chi connectivity index (χ1v) is 7.45. The highest BCUT2D eigenvalue weighted by molar-refractivity contribution is 7.22. The number of rotatable bonds is 4. The van der Waals surface area contributed by atoms with Crippen molar-refractivity contribution in [2.24, 2.45) is 0 Å². The van der Waals surface area contributed by atoms with Crippen LogP contribution in [0.1, 0.15) is 20.7 Å². The predicted molar refractivity (Wildman–Crippen MR) is 87.6 cm³/mol. The Hall–Kier alpha value is -3.33. The molecule has 3 aromatic rings. The van der Waals surface area contributed by atoms with Crippen LogP contribution in [-0.4, -0.2) is 26.9 Å². The number of carboxylic acids is 1. The van der Waals surface area contributed by atoms with Gasteiger partial charge in [0, 0.05) is 17.7 Å². The molecule has 0 bridgehead atoms. The predicted octanol–water partition coefficient (Wildman–Crippen LogP) is 3.16. The number of aromatic nitrogens is 1. The molecule has 2 N–H and O–H groups in total. The van der Waals surface area contributed by atoms with E-state index in [1.165, 1.54) is 36.4 Å². The average Bonchev–Trinajstić information content (AvgIpc) is 2.96. The Kier molecular flexibility index (Phi) is 3.92. The second-order valence-electron chi connectivity index (χ2n) is 4.77. The van der Waals surface area contributed by atoms with E-state index >= 15 is 0 Å². The van der Waals surface area contributed by atoms with Crippen LogP contribution in [0.4, 0.5) is 10.8 Å². The van der Waals surface area contributed by atoms with Crippen LogP contribution in [-0.2, 0) is 0 Å². The van der Waals surface area contributed by atoms with Crippen LogP contribution in [0.15, 0.2) is 42.5 Å². The maximum absolute atomic E-state index is 12.2. The number of anilines is 1. The fourth-order valence-corrected chi connectivity index (χ4v) is 2.94. The monoisotopic (exact) mass is 343 g/mol. The van der Waals surface area contributed by atoms with E-state index in [0.717, 1.165) is 11.3 Å². The Bertz CT molecular complexity index is 982. The van der Waals surface area contributed by atoms with Crippen LogP contribution >= 0.6 is 11.3 Å². The first-order chi connectivity index (χ1) is 11.4. The third-order valence-corrected chi connectivity index (χ3v) is 4.11.